The molecule has 2 N–H and O–H groups in total. The predicted molar refractivity (Wildman–Crippen MR) is 108 cm³/mol. The minimum Gasteiger partial charge on any atom is -0.396 e. The number of fused-ring (bicyclic) bond motifs is 1. The van der Waals surface area contributed by atoms with E-state index in [2.05, 4.69) is 10.3 Å². The van der Waals surface area contributed by atoms with Crippen molar-refractivity contribution >= 4 is 28.6 Å². The van der Waals surface area contributed by atoms with E-state index in [1.165, 1.54) is 31.0 Å². The van der Waals surface area contributed by atoms with E-state index in [1.807, 2.05) is 25.1 Å². The average molecular weight is 390 g/mol. The Bertz CT molecular complexity index is 846. The topological polar surface area (TPSA) is 84.2 Å². The van der Waals surface area contributed by atoms with Crippen LogP contribution in [0.2, 0.25) is 0 Å². The van der Waals surface area contributed by atoms with E-state index in [9.17, 15) is 9.59 Å². The number of nitrogens with one attached hydrogen (secondary N) is 1. The van der Waals surface area contributed by atoms with Gasteiger partial charge in [0.25, 0.3) is 5.56 Å². The number of amides is 1. The SMILES string of the molecule is CC(Sc1nc2ccccc2c(=O)n1CCCO)C(=O)NC1CCCCC1. The van der Waals surface area contributed by atoms with Gasteiger partial charge >= 0.3 is 0 Å². The highest BCUT2D eigenvalue weighted by atomic mass is 32.2. The summed E-state index contributed by atoms with van der Waals surface area (Å²) >= 11 is 1.30. The monoisotopic (exact) mass is 389 g/mol. The van der Waals surface area contributed by atoms with Crippen LogP contribution in [-0.2, 0) is 11.3 Å². The van der Waals surface area contributed by atoms with Crippen LogP contribution in [0.3, 0.4) is 0 Å². The van der Waals surface area contributed by atoms with E-state index in [4.69, 9.17) is 5.11 Å². The van der Waals surface area contributed by atoms with Crippen LogP contribution in [0, 0.1) is 0 Å². The number of hydrogen-bond donors (Lipinski definition) is 2. The summed E-state index contributed by atoms with van der Waals surface area (Å²) in [4.78, 5) is 30.1. The zero-order chi connectivity index (χ0) is 19.2. The Balaban J connectivity index is 1.81. The third-order valence-corrected chi connectivity index (χ3v) is 6.06. The van der Waals surface area contributed by atoms with Gasteiger partial charge in [0.2, 0.25) is 5.91 Å². The van der Waals surface area contributed by atoms with Crippen LogP contribution in [0.4, 0.5) is 0 Å². The second kappa shape index (κ2) is 9.37. The lowest BCUT2D eigenvalue weighted by Crippen LogP contribution is -2.40. The molecule has 1 aromatic carbocycles. The molecule has 1 aromatic heterocycles. The van der Waals surface area contributed by atoms with Crippen molar-refractivity contribution in [3.63, 3.8) is 0 Å². The van der Waals surface area contributed by atoms with Gasteiger partial charge in [0.15, 0.2) is 5.16 Å². The molecule has 6 nitrogen and oxygen atoms in total. The number of carbonyl (C=O) groups is 1. The van der Waals surface area contributed by atoms with Crippen LogP contribution in [0.15, 0.2) is 34.2 Å². The molecular weight excluding hydrogens is 362 g/mol. The number of nitrogens with zero attached hydrogens (tertiary/aromatic N) is 2. The molecule has 1 aliphatic rings. The van der Waals surface area contributed by atoms with Crippen molar-refractivity contribution in [2.75, 3.05) is 6.61 Å². The number of para-hydroxylation sites is 1. The van der Waals surface area contributed by atoms with Crippen LogP contribution >= 0.6 is 11.8 Å². The fourth-order valence-electron chi connectivity index (χ4n) is 3.44. The van der Waals surface area contributed by atoms with E-state index >= 15 is 0 Å². The molecule has 27 heavy (non-hydrogen) atoms. The van der Waals surface area contributed by atoms with Crippen LogP contribution < -0.4 is 10.9 Å². The maximum absolute atomic E-state index is 12.9. The number of thioether (sulfide) groups is 1. The molecule has 0 saturated heterocycles. The third-order valence-electron chi connectivity index (χ3n) is 4.97. The fraction of sp³-hybridized carbons (Fsp3) is 0.550. The molecular formula is C20H27N3O3S. The molecule has 2 aromatic rings. The zero-order valence-electron chi connectivity index (χ0n) is 15.7. The minimum absolute atomic E-state index is 0.00108. The molecule has 3 rings (SSSR count). The van der Waals surface area contributed by atoms with Crippen LogP contribution in [-0.4, -0.2) is 38.5 Å². The molecule has 1 atom stereocenters. The number of aliphatic hydroxyl groups is 1. The lowest BCUT2D eigenvalue weighted by atomic mass is 9.95. The number of aromatic nitrogens is 2. The summed E-state index contributed by atoms with van der Waals surface area (Å²) in [6, 6.07) is 7.49. The second-order valence-corrected chi connectivity index (χ2v) is 8.36. The van der Waals surface area contributed by atoms with Crippen LogP contribution in [0.1, 0.15) is 45.4 Å². The van der Waals surface area contributed by atoms with E-state index in [0.29, 0.717) is 29.0 Å². The molecule has 1 aliphatic carbocycles. The van der Waals surface area contributed by atoms with Crippen molar-refractivity contribution in [3.8, 4) is 0 Å². The molecule has 0 radical (unpaired) electrons. The molecule has 1 unspecified atom stereocenters. The summed E-state index contributed by atoms with van der Waals surface area (Å²) in [5.41, 5.74) is 0.501. The molecule has 1 heterocycles. The van der Waals surface area contributed by atoms with Crippen molar-refractivity contribution in [3.05, 3.63) is 34.6 Å². The molecule has 0 bridgehead atoms. The lowest BCUT2D eigenvalue weighted by Gasteiger charge is -2.24. The highest BCUT2D eigenvalue weighted by molar-refractivity contribution is 8.00. The number of carbonyl (C=O) groups excluding carboxylic acids is 1. The first kappa shape index (κ1) is 19.9. The van der Waals surface area contributed by atoms with Gasteiger partial charge in [-0.3, -0.25) is 14.2 Å². The maximum atomic E-state index is 12.9. The van der Waals surface area contributed by atoms with Gasteiger partial charge < -0.3 is 10.4 Å². The molecule has 7 heteroatoms. The summed E-state index contributed by atoms with van der Waals surface area (Å²) < 4.78 is 1.58. The number of benzene rings is 1. The van der Waals surface area contributed by atoms with E-state index in [1.54, 1.807) is 10.6 Å². The summed E-state index contributed by atoms with van der Waals surface area (Å²) in [6.07, 6.45) is 6.13. The van der Waals surface area contributed by atoms with Gasteiger partial charge in [-0.15, -0.1) is 0 Å². The van der Waals surface area contributed by atoms with Crippen molar-refractivity contribution in [1.82, 2.24) is 14.9 Å². The third kappa shape index (κ3) is 4.90. The molecule has 1 saturated carbocycles. The first-order valence-electron chi connectivity index (χ1n) is 9.67. The first-order chi connectivity index (χ1) is 13.1. The predicted octanol–water partition coefficient (Wildman–Crippen LogP) is 2.71. The Labute approximate surface area is 163 Å². The van der Waals surface area contributed by atoms with Gasteiger partial charge in [-0.05, 0) is 38.3 Å². The van der Waals surface area contributed by atoms with Crippen LogP contribution in [0.25, 0.3) is 10.9 Å². The Kier molecular flexibility index (Phi) is 6.90. The average Bonchev–Trinajstić information content (AvgIpc) is 2.68. The summed E-state index contributed by atoms with van der Waals surface area (Å²) in [6.45, 7) is 2.23. The number of rotatable bonds is 7. The fourth-order valence-corrected chi connectivity index (χ4v) is 4.38. The van der Waals surface area contributed by atoms with Gasteiger partial charge in [0.05, 0.1) is 16.2 Å². The Morgan fingerprint density at radius 3 is 2.81 bits per heavy atom. The quantitative estimate of drug-likeness (QED) is 0.562. The van der Waals surface area contributed by atoms with E-state index in [0.717, 1.165) is 12.8 Å². The van der Waals surface area contributed by atoms with Gasteiger partial charge in [-0.25, -0.2) is 4.98 Å². The van der Waals surface area contributed by atoms with Crippen molar-refractivity contribution < 1.29 is 9.90 Å². The highest BCUT2D eigenvalue weighted by Gasteiger charge is 2.22. The Hall–Kier alpha value is -1.86. The van der Waals surface area contributed by atoms with Crippen molar-refractivity contribution in [1.29, 1.82) is 0 Å². The van der Waals surface area contributed by atoms with Crippen molar-refractivity contribution in [2.45, 2.75) is 68.4 Å². The number of hydrogen-bond acceptors (Lipinski definition) is 5. The highest BCUT2D eigenvalue weighted by Crippen LogP contribution is 2.24. The Morgan fingerprint density at radius 1 is 1.33 bits per heavy atom. The standard InChI is InChI=1S/C20H27N3O3S/c1-14(18(25)21-15-8-3-2-4-9-15)27-20-22-17-11-6-5-10-16(17)19(26)23(20)12-7-13-24/h5-6,10-11,14-15,24H,2-4,7-9,12-13H2,1H3,(H,21,25). The van der Waals surface area contributed by atoms with Gasteiger partial charge in [0, 0.05) is 19.2 Å². The normalized spacial score (nSPS) is 16.4. The zero-order valence-corrected chi connectivity index (χ0v) is 16.5. The largest absolute Gasteiger partial charge is 0.396 e. The summed E-state index contributed by atoms with van der Waals surface area (Å²) in [5.74, 6) is -0.0111. The van der Waals surface area contributed by atoms with Crippen LogP contribution in [0.5, 0.6) is 0 Å². The summed E-state index contributed by atoms with van der Waals surface area (Å²) in [7, 11) is 0. The van der Waals surface area contributed by atoms with E-state index < -0.39 is 0 Å². The van der Waals surface area contributed by atoms with Gasteiger partial charge in [0.1, 0.15) is 0 Å². The summed E-state index contributed by atoms with van der Waals surface area (Å²) in [5, 5.41) is 13.0. The molecule has 1 amide bonds. The smallest absolute Gasteiger partial charge is 0.262 e. The Morgan fingerprint density at radius 2 is 2.07 bits per heavy atom. The minimum atomic E-state index is -0.347. The molecule has 0 spiro atoms. The molecule has 0 aliphatic heterocycles. The maximum Gasteiger partial charge on any atom is 0.262 e. The van der Waals surface area contributed by atoms with Gasteiger partial charge in [-0.2, -0.15) is 0 Å². The molecule has 1 fully saturated rings. The first-order valence-corrected chi connectivity index (χ1v) is 10.6. The number of aliphatic hydroxyl groups excluding tert-OH is 1. The molecule has 146 valence electrons. The van der Waals surface area contributed by atoms with Crippen molar-refractivity contribution in [2.24, 2.45) is 0 Å². The van der Waals surface area contributed by atoms with Gasteiger partial charge in [-0.1, -0.05) is 43.2 Å². The second-order valence-electron chi connectivity index (χ2n) is 7.05. The van der Waals surface area contributed by atoms with E-state index in [-0.39, 0.29) is 29.4 Å². The lowest BCUT2D eigenvalue weighted by molar-refractivity contribution is -0.121.